The van der Waals surface area contributed by atoms with Gasteiger partial charge in [0.25, 0.3) is 11.8 Å². The number of carbonyl (C=O) groups is 3. The average molecular weight is 587 g/mol. The van der Waals surface area contributed by atoms with Gasteiger partial charge in [0.05, 0.1) is 20.0 Å². The van der Waals surface area contributed by atoms with Crippen molar-refractivity contribution in [3.63, 3.8) is 0 Å². The molecule has 0 saturated heterocycles. The lowest BCUT2D eigenvalue weighted by Gasteiger charge is -2.14. The third-order valence-electron chi connectivity index (χ3n) is 5.89. The van der Waals surface area contributed by atoms with Crippen LogP contribution in [0.4, 0.5) is 5.69 Å². The third-order valence-corrected chi connectivity index (χ3v) is 7.14. The predicted molar refractivity (Wildman–Crippen MR) is 163 cm³/mol. The second-order valence-electron chi connectivity index (χ2n) is 8.66. The highest BCUT2D eigenvalue weighted by atomic mass is 35.5. The summed E-state index contributed by atoms with van der Waals surface area (Å²) in [7, 11) is 3.02. The van der Waals surface area contributed by atoms with Gasteiger partial charge in [-0.15, -0.1) is 11.8 Å². The van der Waals surface area contributed by atoms with E-state index in [1.165, 1.54) is 32.1 Å². The van der Waals surface area contributed by atoms with Gasteiger partial charge < -0.3 is 20.1 Å². The van der Waals surface area contributed by atoms with Crippen LogP contribution in [0, 0.1) is 0 Å². The van der Waals surface area contributed by atoms with Crippen LogP contribution in [0.5, 0.6) is 11.5 Å². The van der Waals surface area contributed by atoms with Gasteiger partial charge in [-0.3, -0.25) is 14.4 Å². The number of Topliss-reactive ketones (excluding diaryl/α,β-unsaturated/α-hetero) is 1. The molecule has 7 nitrogen and oxygen atoms in total. The Morgan fingerprint density at radius 1 is 0.829 bits per heavy atom. The molecule has 0 saturated carbocycles. The van der Waals surface area contributed by atoms with E-state index in [0.717, 1.165) is 4.90 Å². The molecule has 0 bridgehead atoms. The van der Waals surface area contributed by atoms with E-state index in [4.69, 9.17) is 21.1 Å². The number of halogens is 1. The second-order valence-corrected chi connectivity index (χ2v) is 10.1. The smallest absolute Gasteiger partial charge is 0.272 e. The number of carbonyl (C=O) groups excluding carboxylic acids is 3. The van der Waals surface area contributed by atoms with Crippen molar-refractivity contribution < 1.29 is 23.9 Å². The van der Waals surface area contributed by atoms with E-state index < -0.39 is 11.8 Å². The van der Waals surface area contributed by atoms with E-state index in [2.05, 4.69) is 10.6 Å². The van der Waals surface area contributed by atoms with Crippen molar-refractivity contribution in [1.29, 1.82) is 0 Å². The minimum atomic E-state index is -0.543. The highest BCUT2D eigenvalue weighted by molar-refractivity contribution is 8.00. The Bertz CT molecular complexity index is 1570. The molecule has 4 aromatic rings. The summed E-state index contributed by atoms with van der Waals surface area (Å²) in [6.07, 6.45) is 1.53. The fourth-order valence-electron chi connectivity index (χ4n) is 3.85. The number of amides is 2. The number of ketones is 1. The Morgan fingerprint density at radius 2 is 1.56 bits per heavy atom. The number of para-hydroxylation sites is 1. The van der Waals surface area contributed by atoms with Gasteiger partial charge in [-0.05, 0) is 66.7 Å². The Hall–Kier alpha value is -4.53. The maximum Gasteiger partial charge on any atom is 0.272 e. The molecule has 208 valence electrons. The lowest BCUT2D eigenvalue weighted by atomic mass is 10.1. The van der Waals surface area contributed by atoms with Crippen LogP contribution in [0.15, 0.2) is 108 Å². The van der Waals surface area contributed by atoms with Crippen molar-refractivity contribution in [1.82, 2.24) is 5.32 Å². The summed E-state index contributed by atoms with van der Waals surface area (Å²) >= 11 is 7.26. The molecule has 0 aliphatic carbocycles. The molecule has 0 fully saturated rings. The maximum absolute atomic E-state index is 13.5. The Labute approximate surface area is 247 Å². The number of hydrogen-bond acceptors (Lipinski definition) is 6. The summed E-state index contributed by atoms with van der Waals surface area (Å²) < 4.78 is 10.9. The fraction of sp³-hybridized carbons (Fsp3) is 0.0938. The molecule has 0 heterocycles. The zero-order chi connectivity index (χ0) is 29.2. The van der Waals surface area contributed by atoms with Crippen LogP contribution < -0.4 is 20.1 Å². The predicted octanol–water partition coefficient (Wildman–Crippen LogP) is 6.74. The molecule has 0 atom stereocenters. The second kappa shape index (κ2) is 14.2. The minimum absolute atomic E-state index is 0.00128. The van der Waals surface area contributed by atoms with Gasteiger partial charge in [-0.25, -0.2) is 0 Å². The molecule has 0 spiro atoms. The van der Waals surface area contributed by atoms with Crippen molar-refractivity contribution >= 4 is 52.7 Å². The van der Waals surface area contributed by atoms with E-state index in [9.17, 15) is 14.4 Å². The highest BCUT2D eigenvalue weighted by Gasteiger charge is 2.18. The van der Waals surface area contributed by atoms with E-state index >= 15 is 0 Å². The molecule has 0 aliphatic rings. The van der Waals surface area contributed by atoms with Gasteiger partial charge in [0, 0.05) is 32.3 Å². The Morgan fingerprint density at radius 3 is 2.27 bits per heavy atom. The summed E-state index contributed by atoms with van der Waals surface area (Å²) in [5.74, 6) is 0.0818. The van der Waals surface area contributed by atoms with Crippen LogP contribution >= 0.6 is 23.4 Å². The lowest BCUT2D eigenvalue weighted by molar-refractivity contribution is -0.113. The first-order valence-electron chi connectivity index (χ1n) is 12.5. The number of thioether (sulfide) groups is 1. The van der Waals surface area contributed by atoms with E-state index in [1.807, 2.05) is 6.07 Å². The quantitative estimate of drug-likeness (QED) is 0.115. The number of benzene rings is 4. The zero-order valence-corrected chi connectivity index (χ0v) is 23.9. The lowest BCUT2D eigenvalue weighted by Crippen LogP contribution is -2.30. The SMILES string of the molecule is COc1cccc(/C=C(\NC(=O)c2ccccc2)C(=O)Nc2cccc(SCC(=O)c3ccc(Cl)cc3)c2)c1OC. The molecular weight excluding hydrogens is 560 g/mol. The van der Waals surface area contributed by atoms with Crippen molar-refractivity contribution in [2.24, 2.45) is 0 Å². The highest BCUT2D eigenvalue weighted by Crippen LogP contribution is 2.32. The summed E-state index contributed by atoms with van der Waals surface area (Å²) in [4.78, 5) is 39.8. The van der Waals surface area contributed by atoms with Gasteiger partial charge in [-0.1, -0.05) is 48.0 Å². The molecule has 0 aliphatic heterocycles. The molecule has 0 unspecified atom stereocenters. The first-order chi connectivity index (χ1) is 19.9. The van der Waals surface area contributed by atoms with Crippen molar-refractivity contribution in [2.75, 3.05) is 25.3 Å². The van der Waals surface area contributed by atoms with E-state index in [0.29, 0.717) is 38.9 Å². The topological polar surface area (TPSA) is 93.7 Å². The molecule has 2 N–H and O–H groups in total. The van der Waals surface area contributed by atoms with Crippen LogP contribution in [-0.2, 0) is 4.79 Å². The molecule has 41 heavy (non-hydrogen) atoms. The van der Waals surface area contributed by atoms with E-state index in [1.54, 1.807) is 91.0 Å². The van der Waals surface area contributed by atoms with Gasteiger partial charge in [0.2, 0.25) is 0 Å². The van der Waals surface area contributed by atoms with Crippen LogP contribution in [-0.4, -0.2) is 37.6 Å². The third kappa shape index (κ3) is 8.00. The van der Waals surface area contributed by atoms with E-state index in [-0.39, 0.29) is 17.2 Å². The summed E-state index contributed by atoms with van der Waals surface area (Å²) in [5.41, 5.74) is 2.00. The number of ether oxygens (including phenoxy) is 2. The van der Waals surface area contributed by atoms with Crippen molar-refractivity contribution in [3.8, 4) is 11.5 Å². The Balaban J connectivity index is 1.55. The molecule has 0 aromatic heterocycles. The fourth-order valence-corrected chi connectivity index (χ4v) is 4.83. The van der Waals surface area contributed by atoms with Crippen LogP contribution in [0.3, 0.4) is 0 Å². The number of anilines is 1. The summed E-state index contributed by atoms with van der Waals surface area (Å²) in [5, 5.41) is 6.13. The van der Waals surface area contributed by atoms with Gasteiger partial charge in [0.1, 0.15) is 5.70 Å². The maximum atomic E-state index is 13.5. The largest absolute Gasteiger partial charge is 0.493 e. The molecular formula is C32H27ClN2O5S. The molecule has 4 aromatic carbocycles. The van der Waals surface area contributed by atoms with Crippen molar-refractivity contribution in [2.45, 2.75) is 4.90 Å². The summed E-state index contributed by atoms with van der Waals surface area (Å²) in [6.45, 7) is 0. The standard InChI is InChI=1S/C32H27ClN2O5S/c1-39-29-13-6-10-23(30(29)40-2)18-27(35-31(37)22-8-4-3-5-9-22)32(38)34-25-11-7-12-26(19-25)41-20-28(36)21-14-16-24(33)17-15-21/h3-19H,20H2,1-2H3,(H,34,38)(H,35,37)/b27-18-. The van der Waals surface area contributed by atoms with Crippen LogP contribution in [0.25, 0.3) is 6.08 Å². The van der Waals surface area contributed by atoms with Crippen LogP contribution in [0.2, 0.25) is 5.02 Å². The minimum Gasteiger partial charge on any atom is -0.493 e. The first-order valence-corrected chi connectivity index (χ1v) is 13.9. The summed E-state index contributed by atoms with van der Waals surface area (Å²) in [6, 6.07) is 27.7. The number of nitrogens with one attached hydrogen (secondary N) is 2. The van der Waals surface area contributed by atoms with Crippen molar-refractivity contribution in [3.05, 3.63) is 124 Å². The molecule has 9 heteroatoms. The number of rotatable bonds is 11. The number of hydrogen-bond donors (Lipinski definition) is 2. The Kier molecular flexibility index (Phi) is 10.2. The molecule has 0 radical (unpaired) electrons. The van der Waals surface area contributed by atoms with Gasteiger partial charge in [0.15, 0.2) is 17.3 Å². The van der Waals surface area contributed by atoms with Crippen LogP contribution in [0.1, 0.15) is 26.3 Å². The monoisotopic (exact) mass is 586 g/mol. The van der Waals surface area contributed by atoms with Gasteiger partial charge in [-0.2, -0.15) is 0 Å². The normalized spacial score (nSPS) is 11.0. The first kappa shape index (κ1) is 29.5. The number of methoxy groups -OCH3 is 2. The van der Waals surface area contributed by atoms with Gasteiger partial charge >= 0.3 is 0 Å². The average Bonchev–Trinajstić information content (AvgIpc) is 3.00. The molecule has 4 rings (SSSR count). The zero-order valence-electron chi connectivity index (χ0n) is 22.3. The molecule has 2 amide bonds.